The third-order valence-electron chi connectivity index (χ3n) is 4.14. The highest BCUT2D eigenvalue weighted by Crippen LogP contribution is 2.27. The van der Waals surface area contributed by atoms with Crippen LogP contribution in [0.15, 0.2) is 23.1 Å². The van der Waals surface area contributed by atoms with E-state index in [1.165, 1.54) is 16.4 Å². The molecule has 0 saturated carbocycles. The van der Waals surface area contributed by atoms with Crippen molar-refractivity contribution in [1.29, 1.82) is 0 Å². The zero-order valence-electron chi connectivity index (χ0n) is 12.6. The van der Waals surface area contributed by atoms with Gasteiger partial charge in [-0.2, -0.15) is 4.31 Å². The molecule has 1 aromatic rings. The maximum Gasteiger partial charge on any atom is 0.243 e. The molecule has 0 spiro atoms. The van der Waals surface area contributed by atoms with Crippen molar-refractivity contribution in [3.8, 4) is 0 Å². The first kappa shape index (κ1) is 16.4. The molecule has 1 fully saturated rings. The van der Waals surface area contributed by atoms with E-state index in [9.17, 15) is 12.8 Å². The van der Waals surface area contributed by atoms with Crippen molar-refractivity contribution in [3.05, 3.63) is 29.6 Å². The molecule has 1 aromatic carbocycles. The van der Waals surface area contributed by atoms with Crippen LogP contribution in [0.4, 0.5) is 4.39 Å². The van der Waals surface area contributed by atoms with E-state index in [1.807, 2.05) is 7.05 Å². The molecule has 1 aliphatic heterocycles. The molecule has 6 heteroatoms. The molecule has 1 N–H and O–H groups in total. The predicted molar refractivity (Wildman–Crippen MR) is 81.2 cm³/mol. The number of hydrogen-bond acceptors (Lipinski definition) is 3. The van der Waals surface area contributed by atoms with Gasteiger partial charge in [0.1, 0.15) is 5.82 Å². The van der Waals surface area contributed by atoms with Gasteiger partial charge in [-0.3, -0.25) is 0 Å². The van der Waals surface area contributed by atoms with Gasteiger partial charge in [0.15, 0.2) is 0 Å². The Morgan fingerprint density at radius 1 is 1.33 bits per heavy atom. The van der Waals surface area contributed by atoms with Gasteiger partial charge in [0, 0.05) is 13.1 Å². The number of piperidine rings is 1. The molecule has 0 bridgehead atoms. The quantitative estimate of drug-likeness (QED) is 0.906. The molecule has 1 saturated heterocycles. The first-order chi connectivity index (χ1) is 9.95. The van der Waals surface area contributed by atoms with Gasteiger partial charge in [0.25, 0.3) is 0 Å². The Labute approximate surface area is 126 Å². The fourth-order valence-electron chi connectivity index (χ4n) is 2.78. The van der Waals surface area contributed by atoms with Crippen molar-refractivity contribution in [2.75, 3.05) is 26.7 Å². The third-order valence-corrected chi connectivity index (χ3v) is 6.18. The second-order valence-corrected chi connectivity index (χ2v) is 7.56. The average Bonchev–Trinajstić information content (AvgIpc) is 2.48. The van der Waals surface area contributed by atoms with Crippen LogP contribution >= 0.6 is 0 Å². The standard InChI is InChI=1S/C15H23FN2O2S/c1-12-3-4-14(16)11-15(12)21(19,20)18-9-6-13(7-10-18)5-8-17-2/h3-4,11,13,17H,5-10H2,1-2H3. The van der Waals surface area contributed by atoms with E-state index >= 15 is 0 Å². The van der Waals surface area contributed by atoms with E-state index in [-0.39, 0.29) is 4.90 Å². The van der Waals surface area contributed by atoms with Crippen molar-refractivity contribution >= 4 is 10.0 Å². The molecule has 1 aliphatic rings. The second kappa shape index (κ2) is 6.85. The third kappa shape index (κ3) is 3.81. The Bertz CT molecular complexity index is 581. The van der Waals surface area contributed by atoms with Crippen molar-refractivity contribution in [2.24, 2.45) is 5.92 Å². The molecule has 0 radical (unpaired) electrons. The smallest absolute Gasteiger partial charge is 0.243 e. The summed E-state index contributed by atoms with van der Waals surface area (Å²) in [5, 5.41) is 3.12. The molecule has 0 unspecified atom stereocenters. The molecule has 0 amide bonds. The number of rotatable bonds is 5. The summed E-state index contributed by atoms with van der Waals surface area (Å²) in [5.41, 5.74) is 0.591. The Balaban J connectivity index is 2.10. The maximum atomic E-state index is 13.4. The van der Waals surface area contributed by atoms with Gasteiger partial charge in [-0.1, -0.05) is 6.07 Å². The van der Waals surface area contributed by atoms with Gasteiger partial charge in [-0.25, -0.2) is 12.8 Å². The van der Waals surface area contributed by atoms with Crippen LogP contribution in [0.3, 0.4) is 0 Å². The summed E-state index contributed by atoms with van der Waals surface area (Å²) in [6, 6.07) is 3.93. The molecule has 4 nitrogen and oxygen atoms in total. The monoisotopic (exact) mass is 314 g/mol. The molecule has 21 heavy (non-hydrogen) atoms. The summed E-state index contributed by atoms with van der Waals surface area (Å²) in [4.78, 5) is 0.0937. The van der Waals surface area contributed by atoms with Gasteiger partial charge < -0.3 is 5.32 Å². The summed E-state index contributed by atoms with van der Waals surface area (Å²) < 4.78 is 40.1. The van der Waals surface area contributed by atoms with Crippen LogP contribution in [0.5, 0.6) is 0 Å². The van der Waals surface area contributed by atoms with Gasteiger partial charge in [-0.05, 0) is 63.4 Å². The highest BCUT2D eigenvalue weighted by Gasteiger charge is 2.30. The first-order valence-electron chi connectivity index (χ1n) is 7.36. The lowest BCUT2D eigenvalue weighted by molar-refractivity contribution is 0.263. The number of halogens is 1. The topological polar surface area (TPSA) is 49.4 Å². The molecular weight excluding hydrogens is 291 g/mol. The lowest BCUT2D eigenvalue weighted by atomic mass is 9.95. The van der Waals surface area contributed by atoms with Gasteiger partial charge in [0.05, 0.1) is 4.90 Å². The van der Waals surface area contributed by atoms with E-state index in [1.54, 1.807) is 6.92 Å². The van der Waals surface area contributed by atoms with Crippen LogP contribution in [0.2, 0.25) is 0 Å². The minimum Gasteiger partial charge on any atom is -0.320 e. The predicted octanol–water partition coefficient (Wildman–Crippen LogP) is 2.14. The Morgan fingerprint density at radius 2 is 2.00 bits per heavy atom. The highest BCUT2D eigenvalue weighted by atomic mass is 32.2. The minimum atomic E-state index is -3.58. The zero-order chi connectivity index (χ0) is 15.5. The van der Waals surface area contributed by atoms with Crippen molar-refractivity contribution in [1.82, 2.24) is 9.62 Å². The normalized spacial score (nSPS) is 18.0. The Morgan fingerprint density at radius 3 is 2.62 bits per heavy atom. The average molecular weight is 314 g/mol. The maximum absolute atomic E-state index is 13.4. The Kier molecular flexibility index (Phi) is 5.35. The van der Waals surface area contributed by atoms with Crippen molar-refractivity contribution in [2.45, 2.75) is 31.1 Å². The SMILES string of the molecule is CNCCC1CCN(S(=O)(=O)c2cc(F)ccc2C)CC1. The summed E-state index contributed by atoms with van der Waals surface area (Å²) in [7, 11) is -1.66. The van der Waals surface area contributed by atoms with Crippen LogP contribution in [-0.4, -0.2) is 39.4 Å². The van der Waals surface area contributed by atoms with Gasteiger partial charge in [0.2, 0.25) is 10.0 Å². The number of benzene rings is 1. The summed E-state index contributed by atoms with van der Waals surface area (Å²) >= 11 is 0. The number of nitrogens with one attached hydrogen (secondary N) is 1. The summed E-state index contributed by atoms with van der Waals surface area (Å²) in [5.74, 6) is 0.0561. The first-order valence-corrected chi connectivity index (χ1v) is 8.80. The molecule has 0 aliphatic carbocycles. The van der Waals surface area contributed by atoms with Crippen LogP contribution in [0.1, 0.15) is 24.8 Å². The number of sulfonamides is 1. The highest BCUT2D eigenvalue weighted by molar-refractivity contribution is 7.89. The van der Waals surface area contributed by atoms with E-state index in [2.05, 4.69) is 5.32 Å². The molecule has 0 aromatic heterocycles. The van der Waals surface area contributed by atoms with Gasteiger partial charge >= 0.3 is 0 Å². The van der Waals surface area contributed by atoms with Crippen LogP contribution in [0, 0.1) is 18.7 Å². The molecule has 2 rings (SSSR count). The molecular formula is C15H23FN2O2S. The fourth-order valence-corrected chi connectivity index (χ4v) is 4.48. The lowest BCUT2D eigenvalue weighted by Gasteiger charge is -2.31. The van der Waals surface area contributed by atoms with E-state index < -0.39 is 15.8 Å². The number of hydrogen-bond donors (Lipinski definition) is 1. The lowest BCUT2D eigenvalue weighted by Crippen LogP contribution is -2.39. The van der Waals surface area contributed by atoms with E-state index in [4.69, 9.17) is 0 Å². The largest absolute Gasteiger partial charge is 0.320 e. The fraction of sp³-hybridized carbons (Fsp3) is 0.600. The second-order valence-electron chi connectivity index (χ2n) is 5.65. The zero-order valence-corrected chi connectivity index (χ0v) is 13.4. The van der Waals surface area contributed by atoms with Crippen molar-refractivity contribution < 1.29 is 12.8 Å². The molecule has 118 valence electrons. The van der Waals surface area contributed by atoms with E-state index in [0.717, 1.165) is 31.9 Å². The molecule has 0 atom stereocenters. The van der Waals surface area contributed by atoms with Crippen LogP contribution < -0.4 is 5.32 Å². The van der Waals surface area contributed by atoms with Crippen LogP contribution in [-0.2, 0) is 10.0 Å². The summed E-state index contributed by atoms with van der Waals surface area (Å²) in [6.07, 6.45) is 2.81. The summed E-state index contributed by atoms with van der Waals surface area (Å²) in [6.45, 7) is 3.70. The van der Waals surface area contributed by atoms with E-state index in [0.29, 0.717) is 24.6 Å². The minimum absolute atomic E-state index is 0.0937. The molecule has 1 heterocycles. The van der Waals surface area contributed by atoms with Crippen molar-refractivity contribution in [3.63, 3.8) is 0 Å². The van der Waals surface area contributed by atoms with Gasteiger partial charge in [-0.15, -0.1) is 0 Å². The number of nitrogens with zero attached hydrogens (tertiary/aromatic N) is 1. The Hall–Kier alpha value is -0.980. The van der Waals surface area contributed by atoms with Crippen LogP contribution in [0.25, 0.3) is 0 Å². The number of aryl methyl sites for hydroxylation is 1.